The molecule has 0 saturated heterocycles. The number of hydrogen-bond donors (Lipinski definition) is 1. The molecule has 2 aromatic rings. The minimum absolute atomic E-state index is 0.313. The molecule has 142 valence electrons. The number of aromatic nitrogens is 3. The van der Waals surface area contributed by atoms with Crippen LogP contribution in [0.15, 0.2) is 30.7 Å². The fourth-order valence-corrected chi connectivity index (χ4v) is 2.49. The molecule has 2 aromatic heterocycles. The monoisotopic (exact) mass is 369 g/mol. The van der Waals surface area contributed by atoms with Crippen molar-refractivity contribution >= 4 is 11.7 Å². The summed E-state index contributed by atoms with van der Waals surface area (Å²) in [6, 6.07) is 3.04. The van der Waals surface area contributed by atoms with Crippen LogP contribution in [0.25, 0.3) is 5.69 Å². The summed E-state index contributed by atoms with van der Waals surface area (Å²) in [6.45, 7) is 3.61. The van der Waals surface area contributed by atoms with Crippen LogP contribution in [0.2, 0.25) is 0 Å². The van der Waals surface area contributed by atoms with Gasteiger partial charge in [0.15, 0.2) is 0 Å². The molecule has 0 bridgehead atoms. The zero-order valence-electron chi connectivity index (χ0n) is 14.8. The molecule has 0 atom stereocenters. The van der Waals surface area contributed by atoms with Crippen LogP contribution in [0.1, 0.15) is 32.4 Å². The number of pyridine rings is 1. The first-order chi connectivity index (χ1) is 12.4. The predicted molar refractivity (Wildman–Crippen MR) is 92.4 cm³/mol. The van der Waals surface area contributed by atoms with Crippen molar-refractivity contribution in [3.63, 3.8) is 0 Å². The number of alkyl halides is 3. The van der Waals surface area contributed by atoms with E-state index < -0.39 is 25.2 Å². The van der Waals surface area contributed by atoms with Crippen LogP contribution in [0.3, 0.4) is 0 Å². The van der Waals surface area contributed by atoms with E-state index in [9.17, 15) is 18.0 Å². The molecule has 9 heteroatoms. The first-order valence-corrected chi connectivity index (χ1v) is 8.46. The van der Waals surface area contributed by atoms with E-state index >= 15 is 0 Å². The summed E-state index contributed by atoms with van der Waals surface area (Å²) in [4.78, 5) is 17.8. The molecule has 2 amide bonds. The third-order valence-corrected chi connectivity index (χ3v) is 3.70. The molecular formula is C17H22F3N5O. The Kier molecular flexibility index (Phi) is 6.59. The first kappa shape index (κ1) is 19.7. The second kappa shape index (κ2) is 8.68. The highest BCUT2D eigenvalue weighted by atomic mass is 19.4. The van der Waals surface area contributed by atoms with Gasteiger partial charge in [-0.2, -0.15) is 18.3 Å². The van der Waals surface area contributed by atoms with E-state index in [1.54, 1.807) is 36.3 Å². The average molecular weight is 369 g/mol. The fourth-order valence-electron chi connectivity index (χ4n) is 2.49. The summed E-state index contributed by atoms with van der Waals surface area (Å²) in [7, 11) is 0. The summed E-state index contributed by atoms with van der Waals surface area (Å²) in [5.74, 6) is 0. The van der Waals surface area contributed by atoms with Gasteiger partial charge < -0.3 is 5.32 Å². The number of carbonyl (C=O) groups excluding carboxylic acids is 1. The molecule has 0 aliphatic rings. The van der Waals surface area contributed by atoms with Crippen molar-refractivity contribution in [2.45, 2.75) is 39.3 Å². The van der Waals surface area contributed by atoms with Crippen LogP contribution in [0.5, 0.6) is 0 Å². The SMILES string of the molecule is CCCc1nn(-c2cccnc2)cc1N(CC)C(=O)NCCC(F)(F)F. The largest absolute Gasteiger partial charge is 0.390 e. The Balaban J connectivity index is 2.22. The molecule has 0 aromatic carbocycles. The van der Waals surface area contributed by atoms with Crippen LogP contribution in [0, 0.1) is 0 Å². The molecule has 6 nitrogen and oxygen atoms in total. The smallest absolute Gasteiger partial charge is 0.337 e. The maximum atomic E-state index is 12.4. The fraction of sp³-hybridized carbons (Fsp3) is 0.471. The highest BCUT2D eigenvalue weighted by Gasteiger charge is 2.27. The molecule has 0 aliphatic carbocycles. The van der Waals surface area contributed by atoms with Gasteiger partial charge in [-0.1, -0.05) is 13.3 Å². The molecule has 0 saturated carbocycles. The van der Waals surface area contributed by atoms with Crippen molar-refractivity contribution in [3.8, 4) is 5.69 Å². The lowest BCUT2D eigenvalue weighted by Crippen LogP contribution is -2.41. The number of nitrogens with one attached hydrogen (secondary N) is 1. The molecule has 0 fully saturated rings. The lowest BCUT2D eigenvalue weighted by atomic mass is 10.2. The van der Waals surface area contributed by atoms with Crippen molar-refractivity contribution in [2.75, 3.05) is 18.0 Å². The van der Waals surface area contributed by atoms with Crippen LogP contribution in [-0.2, 0) is 6.42 Å². The Morgan fingerprint density at radius 3 is 2.69 bits per heavy atom. The van der Waals surface area contributed by atoms with E-state index in [4.69, 9.17) is 0 Å². The summed E-state index contributed by atoms with van der Waals surface area (Å²) < 4.78 is 38.5. The standard InChI is InChI=1S/C17H22F3N5O/c1-3-6-14-15(12-25(23-14)13-7-5-9-21-11-13)24(4-2)16(26)22-10-8-17(18,19)20/h5,7,9,11-12H,3-4,6,8,10H2,1-2H3,(H,22,26). The quantitative estimate of drug-likeness (QED) is 0.809. The molecule has 0 radical (unpaired) electrons. The van der Waals surface area contributed by atoms with Crippen LogP contribution >= 0.6 is 0 Å². The molecule has 2 heterocycles. The molecule has 0 aliphatic heterocycles. The molecule has 0 unspecified atom stereocenters. The van der Waals surface area contributed by atoms with Gasteiger partial charge in [-0.3, -0.25) is 9.88 Å². The summed E-state index contributed by atoms with van der Waals surface area (Å²) in [6.07, 6.45) is 1.10. The van der Waals surface area contributed by atoms with Gasteiger partial charge in [0, 0.05) is 19.3 Å². The van der Waals surface area contributed by atoms with Crippen molar-refractivity contribution < 1.29 is 18.0 Å². The number of aryl methyl sites for hydroxylation is 1. The Morgan fingerprint density at radius 2 is 2.12 bits per heavy atom. The van der Waals surface area contributed by atoms with Gasteiger partial charge in [0.1, 0.15) is 0 Å². The van der Waals surface area contributed by atoms with E-state index in [0.29, 0.717) is 24.3 Å². The second-order valence-corrected chi connectivity index (χ2v) is 5.71. The highest BCUT2D eigenvalue weighted by molar-refractivity contribution is 5.92. The number of halogens is 3. The lowest BCUT2D eigenvalue weighted by Gasteiger charge is -2.21. The van der Waals surface area contributed by atoms with E-state index in [0.717, 1.165) is 12.1 Å². The number of anilines is 1. The van der Waals surface area contributed by atoms with E-state index in [1.165, 1.54) is 4.90 Å². The summed E-state index contributed by atoms with van der Waals surface area (Å²) in [5, 5.41) is 6.84. The maximum Gasteiger partial charge on any atom is 0.390 e. The molecular weight excluding hydrogens is 347 g/mol. The van der Waals surface area contributed by atoms with Gasteiger partial charge in [0.05, 0.1) is 35.9 Å². The van der Waals surface area contributed by atoms with Crippen LogP contribution in [0.4, 0.5) is 23.7 Å². The number of urea groups is 1. The minimum Gasteiger partial charge on any atom is -0.337 e. The van der Waals surface area contributed by atoms with Gasteiger partial charge in [0.2, 0.25) is 0 Å². The van der Waals surface area contributed by atoms with E-state index in [1.807, 2.05) is 13.0 Å². The maximum absolute atomic E-state index is 12.4. The molecule has 1 N–H and O–H groups in total. The number of nitrogens with zero attached hydrogens (tertiary/aromatic N) is 4. The Hall–Kier alpha value is -2.58. The Bertz CT molecular complexity index is 715. The molecule has 26 heavy (non-hydrogen) atoms. The van der Waals surface area contributed by atoms with Crippen molar-refractivity contribution in [3.05, 3.63) is 36.4 Å². The van der Waals surface area contributed by atoms with Crippen LogP contribution < -0.4 is 10.2 Å². The van der Waals surface area contributed by atoms with E-state index in [2.05, 4.69) is 15.4 Å². The van der Waals surface area contributed by atoms with Crippen LogP contribution in [-0.4, -0.2) is 40.1 Å². The Labute approximate surface area is 150 Å². The lowest BCUT2D eigenvalue weighted by molar-refractivity contribution is -0.132. The number of carbonyl (C=O) groups is 1. The van der Waals surface area contributed by atoms with Crippen molar-refractivity contribution in [2.24, 2.45) is 0 Å². The number of hydrogen-bond acceptors (Lipinski definition) is 3. The normalized spacial score (nSPS) is 11.4. The molecule has 2 rings (SSSR count). The summed E-state index contributed by atoms with van der Waals surface area (Å²) >= 11 is 0. The average Bonchev–Trinajstić information content (AvgIpc) is 2.99. The van der Waals surface area contributed by atoms with Crippen molar-refractivity contribution in [1.29, 1.82) is 0 Å². The highest BCUT2D eigenvalue weighted by Crippen LogP contribution is 2.23. The number of amides is 2. The van der Waals surface area contributed by atoms with Crippen molar-refractivity contribution in [1.82, 2.24) is 20.1 Å². The third kappa shape index (κ3) is 5.21. The van der Waals surface area contributed by atoms with Gasteiger partial charge >= 0.3 is 12.2 Å². The van der Waals surface area contributed by atoms with Gasteiger partial charge in [-0.15, -0.1) is 0 Å². The topological polar surface area (TPSA) is 63.1 Å². The molecule has 0 spiro atoms. The first-order valence-electron chi connectivity index (χ1n) is 8.46. The van der Waals surface area contributed by atoms with Gasteiger partial charge in [-0.05, 0) is 25.5 Å². The Morgan fingerprint density at radius 1 is 1.35 bits per heavy atom. The zero-order chi connectivity index (χ0) is 19.2. The van der Waals surface area contributed by atoms with Gasteiger partial charge in [-0.25, -0.2) is 9.48 Å². The third-order valence-electron chi connectivity index (χ3n) is 3.70. The predicted octanol–water partition coefficient (Wildman–Crippen LogP) is 3.71. The second-order valence-electron chi connectivity index (χ2n) is 5.71. The number of rotatable bonds is 7. The van der Waals surface area contributed by atoms with Gasteiger partial charge in [0.25, 0.3) is 0 Å². The zero-order valence-corrected chi connectivity index (χ0v) is 14.8. The van der Waals surface area contributed by atoms with E-state index in [-0.39, 0.29) is 0 Å². The minimum atomic E-state index is -4.30. The summed E-state index contributed by atoms with van der Waals surface area (Å²) in [5.41, 5.74) is 2.04.